The quantitative estimate of drug-likeness (QED) is 0.524. The molecule has 162 valence electrons. The van der Waals surface area contributed by atoms with E-state index in [1.807, 2.05) is 35.6 Å². The van der Waals surface area contributed by atoms with Gasteiger partial charge >= 0.3 is 0 Å². The van der Waals surface area contributed by atoms with Crippen LogP contribution in [0.3, 0.4) is 0 Å². The monoisotopic (exact) mass is 472 g/mol. The maximum Gasteiger partial charge on any atom is 0.222 e. The van der Waals surface area contributed by atoms with Crippen LogP contribution in [0.5, 0.6) is 0 Å². The van der Waals surface area contributed by atoms with Gasteiger partial charge in [-0.05, 0) is 61.9 Å². The Morgan fingerprint density at radius 2 is 2.00 bits per heavy atom. The van der Waals surface area contributed by atoms with Crippen molar-refractivity contribution in [3.8, 4) is 0 Å². The van der Waals surface area contributed by atoms with Gasteiger partial charge in [-0.1, -0.05) is 11.6 Å². The number of thioether (sulfide) groups is 1. The Kier molecular flexibility index (Phi) is 6.08. The highest BCUT2D eigenvalue weighted by Gasteiger charge is 2.29. The minimum Gasteiger partial charge on any atom is -0.359 e. The number of amides is 1. The Morgan fingerprint density at radius 3 is 2.74 bits per heavy atom. The van der Waals surface area contributed by atoms with Gasteiger partial charge in [0.15, 0.2) is 0 Å². The summed E-state index contributed by atoms with van der Waals surface area (Å²) in [6.45, 7) is 1.72. The smallest absolute Gasteiger partial charge is 0.222 e. The van der Waals surface area contributed by atoms with Crippen molar-refractivity contribution in [1.29, 1.82) is 0 Å². The van der Waals surface area contributed by atoms with Crippen molar-refractivity contribution >= 4 is 56.6 Å². The minimum absolute atomic E-state index is 0.103. The zero-order chi connectivity index (χ0) is 21.4. The van der Waals surface area contributed by atoms with E-state index in [0.29, 0.717) is 0 Å². The van der Waals surface area contributed by atoms with Crippen LogP contribution in [0.2, 0.25) is 5.02 Å². The fourth-order valence-corrected chi connectivity index (χ4v) is 6.70. The van der Waals surface area contributed by atoms with E-state index in [0.717, 1.165) is 70.9 Å². The third-order valence-corrected chi connectivity index (χ3v) is 8.63. The first kappa shape index (κ1) is 21.0. The highest BCUT2D eigenvalue weighted by Crippen LogP contribution is 2.41. The second-order valence-corrected chi connectivity index (χ2v) is 10.7. The molecular formula is C23H25ClN4OS2. The molecular weight excluding hydrogens is 448 g/mol. The largest absolute Gasteiger partial charge is 0.359 e. The van der Waals surface area contributed by atoms with Crippen LogP contribution in [-0.4, -0.2) is 36.0 Å². The minimum atomic E-state index is 0.103. The molecule has 8 heteroatoms. The Labute approximate surface area is 195 Å². The molecule has 31 heavy (non-hydrogen) atoms. The first-order valence-electron chi connectivity index (χ1n) is 10.8. The van der Waals surface area contributed by atoms with Crippen LogP contribution in [-0.2, 0) is 23.4 Å². The summed E-state index contributed by atoms with van der Waals surface area (Å²) in [5.74, 6) is 2.93. The van der Waals surface area contributed by atoms with Gasteiger partial charge in [0.2, 0.25) is 5.91 Å². The lowest BCUT2D eigenvalue weighted by molar-refractivity contribution is -0.125. The average molecular weight is 473 g/mol. The van der Waals surface area contributed by atoms with Gasteiger partial charge in [0.25, 0.3) is 0 Å². The number of halogens is 1. The maximum absolute atomic E-state index is 12.1. The normalized spacial score (nSPS) is 16.6. The number of aromatic nitrogens is 2. The van der Waals surface area contributed by atoms with Gasteiger partial charge in [-0.25, -0.2) is 9.97 Å². The fraction of sp³-hybridized carbons (Fsp3) is 0.435. The Balaban J connectivity index is 1.44. The van der Waals surface area contributed by atoms with Crippen molar-refractivity contribution in [2.24, 2.45) is 5.92 Å². The standard InChI is InChI=1S/C23H25ClN4OS2/c1-25-22(29)14-9-11-28(12-10-14)21-20-17-3-2-4-18(17)31-23(20)27-19(26-21)13-30-16-7-5-15(24)6-8-16/h5-8,14H,2-4,9-13H2,1H3,(H,25,29). The molecule has 0 atom stereocenters. The predicted octanol–water partition coefficient (Wildman–Crippen LogP) is 5.09. The van der Waals surface area contributed by atoms with Crippen LogP contribution in [0.25, 0.3) is 10.2 Å². The number of piperidine rings is 1. The van der Waals surface area contributed by atoms with Crippen LogP contribution in [0.4, 0.5) is 5.82 Å². The van der Waals surface area contributed by atoms with Crippen molar-refractivity contribution in [3.05, 3.63) is 45.6 Å². The topological polar surface area (TPSA) is 58.1 Å². The molecule has 0 unspecified atom stereocenters. The number of aryl methyl sites for hydroxylation is 2. The summed E-state index contributed by atoms with van der Waals surface area (Å²) < 4.78 is 0. The summed E-state index contributed by atoms with van der Waals surface area (Å²) in [6.07, 6.45) is 5.24. The second kappa shape index (κ2) is 8.96. The highest BCUT2D eigenvalue weighted by atomic mass is 35.5. The lowest BCUT2D eigenvalue weighted by Crippen LogP contribution is -2.40. The molecule has 0 bridgehead atoms. The molecule has 1 N–H and O–H groups in total. The van der Waals surface area contributed by atoms with Crippen LogP contribution in [0, 0.1) is 5.92 Å². The number of hydrogen-bond acceptors (Lipinski definition) is 6. The Morgan fingerprint density at radius 1 is 1.23 bits per heavy atom. The van der Waals surface area contributed by atoms with Crippen molar-refractivity contribution in [2.75, 3.05) is 25.0 Å². The van der Waals surface area contributed by atoms with Gasteiger partial charge in [-0.15, -0.1) is 23.1 Å². The van der Waals surface area contributed by atoms with Gasteiger partial charge in [0.1, 0.15) is 16.5 Å². The van der Waals surface area contributed by atoms with Crippen molar-refractivity contribution in [2.45, 2.75) is 42.8 Å². The number of fused-ring (bicyclic) bond motifs is 3. The molecule has 1 saturated heterocycles. The fourth-order valence-electron chi connectivity index (χ4n) is 4.55. The Hall–Kier alpha value is -1.83. The number of nitrogens with one attached hydrogen (secondary N) is 1. The molecule has 0 spiro atoms. The summed E-state index contributed by atoms with van der Waals surface area (Å²) >= 11 is 9.59. The maximum atomic E-state index is 12.1. The van der Waals surface area contributed by atoms with E-state index in [-0.39, 0.29) is 11.8 Å². The predicted molar refractivity (Wildman–Crippen MR) is 129 cm³/mol. The molecule has 1 aliphatic heterocycles. The third-order valence-electron chi connectivity index (χ3n) is 6.19. The number of thiophene rings is 1. The van der Waals surface area contributed by atoms with Crippen LogP contribution >= 0.6 is 34.7 Å². The summed E-state index contributed by atoms with van der Waals surface area (Å²) in [7, 11) is 1.72. The number of carbonyl (C=O) groups is 1. The summed E-state index contributed by atoms with van der Waals surface area (Å²) in [6, 6.07) is 7.91. The average Bonchev–Trinajstić information content (AvgIpc) is 3.39. The number of anilines is 1. The molecule has 3 heterocycles. The van der Waals surface area contributed by atoms with Crippen molar-refractivity contribution in [3.63, 3.8) is 0 Å². The van der Waals surface area contributed by atoms with Crippen molar-refractivity contribution in [1.82, 2.24) is 15.3 Å². The lowest BCUT2D eigenvalue weighted by atomic mass is 9.96. The zero-order valence-electron chi connectivity index (χ0n) is 17.5. The third kappa shape index (κ3) is 4.28. The van der Waals surface area contributed by atoms with Crippen LogP contribution < -0.4 is 10.2 Å². The summed E-state index contributed by atoms with van der Waals surface area (Å²) in [5, 5.41) is 4.81. The van der Waals surface area contributed by atoms with Gasteiger partial charge in [-0.2, -0.15) is 0 Å². The number of nitrogens with zero attached hydrogens (tertiary/aromatic N) is 3. The molecule has 1 amide bonds. The van der Waals surface area contributed by atoms with Gasteiger partial charge in [0, 0.05) is 40.9 Å². The first-order valence-corrected chi connectivity index (χ1v) is 13.0. The van der Waals surface area contributed by atoms with E-state index >= 15 is 0 Å². The van der Waals surface area contributed by atoms with E-state index in [9.17, 15) is 4.79 Å². The Bertz CT molecular complexity index is 1110. The van der Waals surface area contributed by atoms with E-state index in [4.69, 9.17) is 21.6 Å². The lowest BCUT2D eigenvalue weighted by Gasteiger charge is -2.32. The molecule has 1 fully saturated rings. The van der Waals surface area contributed by atoms with E-state index in [1.165, 1.54) is 22.2 Å². The molecule has 3 aromatic rings. The molecule has 0 saturated carbocycles. The molecule has 0 radical (unpaired) electrons. The molecule has 1 aliphatic carbocycles. The molecule has 1 aromatic carbocycles. The number of rotatable bonds is 5. The summed E-state index contributed by atoms with van der Waals surface area (Å²) in [4.78, 5) is 28.2. The van der Waals surface area contributed by atoms with E-state index in [2.05, 4.69) is 10.2 Å². The molecule has 2 aromatic heterocycles. The van der Waals surface area contributed by atoms with E-state index in [1.54, 1.807) is 18.8 Å². The highest BCUT2D eigenvalue weighted by molar-refractivity contribution is 7.98. The number of hydrogen-bond donors (Lipinski definition) is 1. The molecule has 2 aliphatic rings. The van der Waals surface area contributed by atoms with Gasteiger partial charge < -0.3 is 10.2 Å². The van der Waals surface area contributed by atoms with Crippen molar-refractivity contribution < 1.29 is 4.79 Å². The zero-order valence-corrected chi connectivity index (χ0v) is 19.9. The summed E-state index contributed by atoms with van der Waals surface area (Å²) in [5.41, 5.74) is 1.46. The number of benzene rings is 1. The van der Waals surface area contributed by atoms with E-state index < -0.39 is 0 Å². The molecule has 5 rings (SSSR count). The van der Waals surface area contributed by atoms with Gasteiger partial charge in [-0.3, -0.25) is 4.79 Å². The second-order valence-electron chi connectivity index (χ2n) is 8.12. The van der Waals surface area contributed by atoms with Crippen LogP contribution in [0.15, 0.2) is 29.2 Å². The SMILES string of the molecule is CNC(=O)C1CCN(c2nc(CSc3ccc(Cl)cc3)nc3sc4c(c23)CCC4)CC1. The molecule has 5 nitrogen and oxygen atoms in total. The van der Waals surface area contributed by atoms with Crippen LogP contribution in [0.1, 0.15) is 35.5 Å². The van der Waals surface area contributed by atoms with Gasteiger partial charge in [0.05, 0.1) is 11.1 Å². The number of carbonyl (C=O) groups excluding carboxylic acids is 1. The first-order chi connectivity index (χ1) is 15.1.